The molecule has 28 heavy (non-hydrogen) atoms. The zero-order valence-electron chi connectivity index (χ0n) is 15.6. The quantitative estimate of drug-likeness (QED) is 0.501. The monoisotopic (exact) mass is 367 g/mol. The molecule has 4 aromatic rings. The van der Waals surface area contributed by atoms with Crippen LogP contribution in [-0.4, -0.2) is 15.9 Å². The van der Waals surface area contributed by atoms with Crippen LogP contribution in [-0.2, 0) is 11.3 Å². The maximum absolute atomic E-state index is 13.0. The van der Waals surface area contributed by atoms with Crippen LogP contribution >= 0.6 is 0 Å². The highest BCUT2D eigenvalue weighted by Gasteiger charge is 2.16. The molecule has 0 bridgehead atoms. The number of hydrogen-bond acceptors (Lipinski definition) is 2. The predicted octanol–water partition coefficient (Wildman–Crippen LogP) is 4.73. The van der Waals surface area contributed by atoms with Gasteiger partial charge < -0.3 is 10.3 Å². The number of aromatic amines is 1. The summed E-state index contributed by atoms with van der Waals surface area (Å²) in [5.74, 6) is 0.401. The first-order valence-electron chi connectivity index (χ1n) is 9.25. The van der Waals surface area contributed by atoms with Crippen LogP contribution in [0.2, 0.25) is 0 Å². The van der Waals surface area contributed by atoms with Crippen LogP contribution in [0.15, 0.2) is 78.9 Å². The van der Waals surface area contributed by atoms with E-state index in [4.69, 9.17) is 0 Å². The van der Waals surface area contributed by atoms with E-state index in [2.05, 4.69) is 15.3 Å². The number of nitrogens with zero attached hydrogens (tertiary/aromatic N) is 1. The van der Waals surface area contributed by atoms with Crippen molar-refractivity contribution in [2.45, 2.75) is 13.5 Å². The van der Waals surface area contributed by atoms with Crippen LogP contribution in [0.25, 0.3) is 22.7 Å². The minimum absolute atomic E-state index is 0.163. The van der Waals surface area contributed by atoms with Gasteiger partial charge in [-0.3, -0.25) is 4.79 Å². The Bertz CT molecular complexity index is 1110. The number of nitrogens with one attached hydrogen (secondary N) is 2. The summed E-state index contributed by atoms with van der Waals surface area (Å²) in [6.07, 6.45) is 1.88. The van der Waals surface area contributed by atoms with E-state index in [-0.39, 0.29) is 5.91 Å². The van der Waals surface area contributed by atoms with Crippen LogP contribution in [0, 0.1) is 6.92 Å². The molecule has 0 saturated carbocycles. The molecule has 0 radical (unpaired) electrons. The van der Waals surface area contributed by atoms with Crippen LogP contribution < -0.4 is 5.32 Å². The van der Waals surface area contributed by atoms with Gasteiger partial charge in [-0.25, -0.2) is 4.98 Å². The van der Waals surface area contributed by atoms with Gasteiger partial charge in [-0.05, 0) is 36.3 Å². The molecule has 0 atom stereocenters. The van der Waals surface area contributed by atoms with Crippen molar-refractivity contribution in [1.29, 1.82) is 0 Å². The highest BCUT2D eigenvalue weighted by Crippen LogP contribution is 2.20. The highest BCUT2D eigenvalue weighted by atomic mass is 16.1. The molecule has 4 rings (SSSR count). The van der Waals surface area contributed by atoms with Crippen molar-refractivity contribution in [3.8, 4) is 0 Å². The molecular weight excluding hydrogens is 346 g/mol. The summed E-state index contributed by atoms with van der Waals surface area (Å²) in [4.78, 5) is 20.9. The largest absolute Gasteiger partial charge is 0.348 e. The Morgan fingerprint density at radius 1 is 1.00 bits per heavy atom. The van der Waals surface area contributed by atoms with Gasteiger partial charge in [-0.1, -0.05) is 72.3 Å². The Morgan fingerprint density at radius 2 is 1.79 bits per heavy atom. The molecule has 1 heterocycles. The molecule has 0 aliphatic heterocycles. The molecule has 3 aromatic carbocycles. The van der Waals surface area contributed by atoms with Crippen molar-refractivity contribution < 1.29 is 4.79 Å². The van der Waals surface area contributed by atoms with Gasteiger partial charge in [0.1, 0.15) is 5.82 Å². The number of fused-ring (bicyclic) bond motifs is 1. The summed E-state index contributed by atoms with van der Waals surface area (Å²) in [5.41, 5.74) is 5.41. The van der Waals surface area contributed by atoms with Gasteiger partial charge >= 0.3 is 0 Å². The van der Waals surface area contributed by atoms with E-state index in [0.717, 1.165) is 27.7 Å². The first kappa shape index (κ1) is 17.7. The number of para-hydroxylation sites is 2. The maximum atomic E-state index is 13.0. The molecule has 4 heteroatoms. The van der Waals surface area contributed by atoms with Crippen LogP contribution in [0.3, 0.4) is 0 Å². The van der Waals surface area contributed by atoms with Crippen molar-refractivity contribution in [3.63, 3.8) is 0 Å². The normalized spacial score (nSPS) is 11.5. The number of amides is 1. The lowest BCUT2D eigenvalue weighted by Gasteiger charge is -2.08. The molecule has 0 aliphatic carbocycles. The first-order valence-corrected chi connectivity index (χ1v) is 9.25. The van der Waals surface area contributed by atoms with E-state index in [9.17, 15) is 4.79 Å². The van der Waals surface area contributed by atoms with E-state index in [1.807, 2.05) is 91.9 Å². The lowest BCUT2D eigenvalue weighted by molar-refractivity contribution is -0.115. The number of carbonyl (C=O) groups is 1. The molecule has 2 N–H and O–H groups in total. The van der Waals surface area contributed by atoms with Gasteiger partial charge in [0.25, 0.3) is 5.91 Å². The average Bonchev–Trinajstić information content (AvgIpc) is 3.15. The van der Waals surface area contributed by atoms with Gasteiger partial charge in [0.05, 0.1) is 16.6 Å². The minimum Gasteiger partial charge on any atom is -0.348 e. The molecule has 1 aromatic heterocycles. The summed E-state index contributed by atoms with van der Waals surface area (Å²) in [6.45, 7) is 2.50. The molecule has 0 fully saturated rings. The van der Waals surface area contributed by atoms with E-state index < -0.39 is 0 Å². The Labute approximate surface area is 164 Å². The van der Waals surface area contributed by atoms with Crippen LogP contribution in [0.4, 0.5) is 0 Å². The SMILES string of the molecule is Cc1cccc(C=C(C(=O)NCc2ccccc2)c2nc3ccccc3[nH]2)c1. The molecule has 1 amide bonds. The zero-order chi connectivity index (χ0) is 19.3. The third kappa shape index (κ3) is 4.01. The predicted molar refractivity (Wildman–Crippen MR) is 113 cm³/mol. The number of hydrogen-bond donors (Lipinski definition) is 2. The number of rotatable bonds is 5. The molecule has 0 unspecified atom stereocenters. The lowest BCUT2D eigenvalue weighted by atomic mass is 10.1. The zero-order valence-corrected chi connectivity index (χ0v) is 15.6. The second-order valence-corrected chi connectivity index (χ2v) is 6.74. The Balaban J connectivity index is 1.69. The first-order chi connectivity index (χ1) is 13.7. The number of carbonyl (C=O) groups excluding carboxylic acids is 1. The number of benzene rings is 3. The van der Waals surface area contributed by atoms with Crippen molar-refractivity contribution in [3.05, 3.63) is 101 Å². The van der Waals surface area contributed by atoms with E-state index in [1.54, 1.807) is 0 Å². The second-order valence-electron chi connectivity index (χ2n) is 6.74. The van der Waals surface area contributed by atoms with Crippen molar-refractivity contribution in [1.82, 2.24) is 15.3 Å². The summed E-state index contributed by atoms with van der Waals surface area (Å²) in [5, 5.41) is 3.01. The van der Waals surface area contributed by atoms with Crippen molar-refractivity contribution in [2.24, 2.45) is 0 Å². The lowest BCUT2D eigenvalue weighted by Crippen LogP contribution is -2.24. The highest BCUT2D eigenvalue weighted by molar-refractivity contribution is 6.23. The van der Waals surface area contributed by atoms with E-state index in [0.29, 0.717) is 17.9 Å². The number of imidazole rings is 1. The third-order valence-corrected chi connectivity index (χ3v) is 4.54. The van der Waals surface area contributed by atoms with Gasteiger partial charge in [0.2, 0.25) is 0 Å². The van der Waals surface area contributed by atoms with Gasteiger partial charge in [-0.15, -0.1) is 0 Å². The third-order valence-electron chi connectivity index (χ3n) is 4.54. The molecule has 0 spiro atoms. The molecule has 0 saturated heterocycles. The van der Waals surface area contributed by atoms with Crippen molar-refractivity contribution in [2.75, 3.05) is 0 Å². The Morgan fingerprint density at radius 3 is 2.57 bits per heavy atom. The fourth-order valence-corrected chi connectivity index (χ4v) is 3.12. The molecular formula is C24H21N3O. The molecule has 138 valence electrons. The number of H-pyrrole nitrogens is 1. The Hall–Kier alpha value is -3.66. The van der Waals surface area contributed by atoms with Crippen LogP contribution in [0.1, 0.15) is 22.5 Å². The summed E-state index contributed by atoms with van der Waals surface area (Å²) >= 11 is 0. The summed E-state index contributed by atoms with van der Waals surface area (Å²) in [6, 6.07) is 25.7. The minimum atomic E-state index is -0.163. The summed E-state index contributed by atoms with van der Waals surface area (Å²) in [7, 11) is 0. The Kier molecular flexibility index (Phi) is 5.02. The van der Waals surface area contributed by atoms with E-state index in [1.165, 1.54) is 0 Å². The number of aryl methyl sites for hydroxylation is 1. The van der Waals surface area contributed by atoms with Crippen molar-refractivity contribution >= 4 is 28.6 Å². The number of aromatic nitrogens is 2. The van der Waals surface area contributed by atoms with E-state index >= 15 is 0 Å². The average molecular weight is 367 g/mol. The molecule has 4 nitrogen and oxygen atoms in total. The standard InChI is InChI=1S/C24H21N3O/c1-17-8-7-11-19(14-17)15-20(23-26-21-12-5-6-13-22(21)27-23)24(28)25-16-18-9-3-2-4-10-18/h2-15H,16H2,1H3,(H,25,28)(H,26,27). The fraction of sp³-hybridized carbons (Fsp3) is 0.0833. The smallest absolute Gasteiger partial charge is 0.255 e. The van der Waals surface area contributed by atoms with Gasteiger partial charge in [-0.2, -0.15) is 0 Å². The maximum Gasteiger partial charge on any atom is 0.255 e. The van der Waals surface area contributed by atoms with Gasteiger partial charge in [0, 0.05) is 6.54 Å². The molecule has 0 aliphatic rings. The summed E-state index contributed by atoms with van der Waals surface area (Å²) < 4.78 is 0. The second kappa shape index (κ2) is 7.92. The fourth-order valence-electron chi connectivity index (χ4n) is 3.12. The van der Waals surface area contributed by atoms with Crippen LogP contribution in [0.5, 0.6) is 0 Å². The topological polar surface area (TPSA) is 57.8 Å². The van der Waals surface area contributed by atoms with Gasteiger partial charge in [0.15, 0.2) is 0 Å².